The number of hydrogen-bond acceptors (Lipinski definition) is 4. The average Bonchev–Trinajstić information content (AvgIpc) is 2.74. The van der Waals surface area contributed by atoms with Gasteiger partial charge in [-0.15, -0.1) is 0 Å². The lowest BCUT2D eigenvalue weighted by atomic mass is 10.2. The molecule has 4 rings (SSSR count). The Morgan fingerprint density at radius 3 is 2.48 bits per heavy atom. The number of amides is 1. The van der Waals surface area contributed by atoms with Crippen LogP contribution in [-0.4, -0.2) is 21.6 Å². The van der Waals surface area contributed by atoms with E-state index in [-0.39, 0.29) is 11.7 Å². The topological polar surface area (TPSA) is 54.9 Å². The van der Waals surface area contributed by atoms with Crippen molar-refractivity contribution in [3.8, 4) is 11.4 Å². The van der Waals surface area contributed by atoms with Crippen LogP contribution in [-0.2, 0) is 4.79 Å². The first kappa shape index (κ1) is 19.7. The second-order valence-corrected chi connectivity index (χ2v) is 8.00. The number of nitrogens with one attached hydrogen (secondary N) is 1. The number of benzene rings is 3. The van der Waals surface area contributed by atoms with Crippen molar-refractivity contribution in [1.82, 2.24) is 9.97 Å². The maximum atomic E-state index is 12.4. The number of carbonyl (C=O) groups excluding carboxylic acids is 1. The molecule has 1 aromatic heterocycles. The molecule has 7 heteroatoms. The number of aromatic nitrogens is 2. The summed E-state index contributed by atoms with van der Waals surface area (Å²) in [5.74, 6) is 0.616. The normalized spacial score (nSPS) is 10.8. The largest absolute Gasteiger partial charge is 0.324 e. The third kappa shape index (κ3) is 4.70. The molecule has 0 aliphatic rings. The molecule has 4 nitrogen and oxygen atoms in total. The number of rotatable bonds is 5. The predicted octanol–water partition coefficient (Wildman–Crippen LogP) is 6.33. The molecule has 1 heterocycles. The van der Waals surface area contributed by atoms with Gasteiger partial charge in [0.25, 0.3) is 0 Å². The fourth-order valence-electron chi connectivity index (χ4n) is 2.78. The first-order chi connectivity index (χ1) is 14.1. The molecule has 1 N–H and O–H groups in total. The molecule has 0 saturated carbocycles. The molecule has 0 fully saturated rings. The molecule has 1 amide bonds. The third-order valence-corrected chi connectivity index (χ3v) is 5.70. The molecule has 0 atom stereocenters. The average molecular weight is 440 g/mol. The van der Waals surface area contributed by atoms with Crippen molar-refractivity contribution in [3.63, 3.8) is 0 Å². The highest BCUT2D eigenvalue weighted by Crippen LogP contribution is 2.30. The van der Waals surface area contributed by atoms with E-state index >= 15 is 0 Å². The Balaban J connectivity index is 1.62. The molecule has 0 aliphatic heterocycles. The van der Waals surface area contributed by atoms with Crippen molar-refractivity contribution < 1.29 is 4.79 Å². The van der Waals surface area contributed by atoms with Crippen molar-refractivity contribution in [2.24, 2.45) is 0 Å². The van der Waals surface area contributed by atoms with Crippen molar-refractivity contribution in [2.45, 2.75) is 5.03 Å². The maximum Gasteiger partial charge on any atom is 0.234 e. The van der Waals surface area contributed by atoms with Crippen LogP contribution >= 0.6 is 35.0 Å². The number of carbonyl (C=O) groups is 1. The van der Waals surface area contributed by atoms with Crippen LogP contribution in [0.3, 0.4) is 0 Å². The highest BCUT2D eigenvalue weighted by atomic mass is 35.5. The van der Waals surface area contributed by atoms with Crippen LogP contribution in [0, 0.1) is 0 Å². The minimum atomic E-state index is -0.168. The Hall–Kier alpha value is -2.60. The van der Waals surface area contributed by atoms with Crippen LogP contribution in [0.15, 0.2) is 77.8 Å². The van der Waals surface area contributed by atoms with Gasteiger partial charge in [-0.1, -0.05) is 77.4 Å². The standard InChI is InChI=1S/C22H15Cl2N3OS/c23-15-10-11-18-16(12-15)22(27-21(26-18)14-6-2-1-3-7-14)29-13-20(28)25-19-9-5-4-8-17(19)24/h1-12H,13H2,(H,25,28). The van der Waals surface area contributed by atoms with Crippen LogP contribution in [0.4, 0.5) is 5.69 Å². The van der Waals surface area contributed by atoms with Crippen LogP contribution in [0.1, 0.15) is 0 Å². The number of halogens is 2. The first-order valence-electron chi connectivity index (χ1n) is 8.80. The molecule has 144 valence electrons. The Morgan fingerprint density at radius 1 is 0.931 bits per heavy atom. The maximum absolute atomic E-state index is 12.4. The van der Waals surface area contributed by atoms with Gasteiger partial charge in [0, 0.05) is 16.0 Å². The van der Waals surface area contributed by atoms with Gasteiger partial charge < -0.3 is 5.32 Å². The Morgan fingerprint density at radius 2 is 1.69 bits per heavy atom. The fourth-order valence-corrected chi connectivity index (χ4v) is 3.95. The van der Waals surface area contributed by atoms with E-state index in [4.69, 9.17) is 28.2 Å². The molecule has 4 aromatic rings. The zero-order chi connectivity index (χ0) is 20.2. The molecular weight excluding hydrogens is 425 g/mol. The van der Waals surface area contributed by atoms with Crippen LogP contribution in [0.2, 0.25) is 10.0 Å². The van der Waals surface area contributed by atoms with Gasteiger partial charge in [-0.25, -0.2) is 9.97 Å². The molecular formula is C22H15Cl2N3OS. The lowest BCUT2D eigenvalue weighted by molar-refractivity contribution is -0.113. The molecule has 0 aliphatic carbocycles. The highest BCUT2D eigenvalue weighted by Gasteiger charge is 2.13. The van der Waals surface area contributed by atoms with Gasteiger partial charge in [-0.2, -0.15) is 0 Å². The molecule has 0 spiro atoms. The first-order valence-corrected chi connectivity index (χ1v) is 10.5. The van der Waals surface area contributed by atoms with Crippen LogP contribution in [0.25, 0.3) is 22.3 Å². The summed E-state index contributed by atoms with van der Waals surface area (Å²) >= 11 is 13.6. The van der Waals surface area contributed by atoms with Gasteiger partial charge in [0.05, 0.1) is 22.0 Å². The summed E-state index contributed by atoms with van der Waals surface area (Å²) in [6.45, 7) is 0. The van der Waals surface area contributed by atoms with E-state index in [1.54, 1.807) is 18.2 Å². The van der Waals surface area contributed by atoms with Crippen molar-refractivity contribution >= 4 is 57.5 Å². The quantitative estimate of drug-likeness (QED) is 0.291. The third-order valence-electron chi connectivity index (χ3n) is 4.14. The molecule has 3 aromatic carbocycles. The van der Waals surface area contributed by atoms with E-state index < -0.39 is 0 Å². The molecule has 0 unspecified atom stereocenters. The van der Waals surface area contributed by atoms with Gasteiger partial charge in [0.2, 0.25) is 5.91 Å². The van der Waals surface area contributed by atoms with Gasteiger partial charge in [-0.05, 0) is 30.3 Å². The molecule has 29 heavy (non-hydrogen) atoms. The van der Waals surface area contributed by atoms with Gasteiger partial charge in [0.1, 0.15) is 5.03 Å². The minimum Gasteiger partial charge on any atom is -0.324 e. The van der Waals surface area contributed by atoms with Crippen LogP contribution < -0.4 is 5.32 Å². The van der Waals surface area contributed by atoms with E-state index in [0.717, 1.165) is 16.5 Å². The Bertz CT molecular complexity index is 1190. The molecule has 0 radical (unpaired) electrons. The monoisotopic (exact) mass is 439 g/mol. The van der Waals surface area contributed by atoms with Crippen LogP contribution in [0.5, 0.6) is 0 Å². The summed E-state index contributed by atoms with van der Waals surface area (Å²) in [6, 6.07) is 22.3. The lowest BCUT2D eigenvalue weighted by Crippen LogP contribution is -2.14. The van der Waals surface area contributed by atoms with E-state index in [2.05, 4.69) is 10.3 Å². The summed E-state index contributed by atoms with van der Waals surface area (Å²) < 4.78 is 0. The summed E-state index contributed by atoms with van der Waals surface area (Å²) in [7, 11) is 0. The number of fused-ring (bicyclic) bond motifs is 1. The van der Waals surface area contributed by atoms with Gasteiger partial charge in [0.15, 0.2) is 5.82 Å². The molecule has 0 bridgehead atoms. The summed E-state index contributed by atoms with van der Waals surface area (Å²) in [6.07, 6.45) is 0. The number of hydrogen-bond donors (Lipinski definition) is 1. The minimum absolute atomic E-state index is 0.168. The van der Waals surface area contributed by atoms with Crippen molar-refractivity contribution in [3.05, 3.63) is 82.8 Å². The predicted molar refractivity (Wildman–Crippen MR) is 121 cm³/mol. The van der Waals surface area contributed by atoms with E-state index in [9.17, 15) is 4.79 Å². The second-order valence-electron chi connectivity index (χ2n) is 6.20. The van der Waals surface area contributed by atoms with Crippen molar-refractivity contribution in [2.75, 3.05) is 11.1 Å². The Kier molecular flexibility index (Phi) is 6.00. The summed E-state index contributed by atoms with van der Waals surface area (Å²) in [5.41, 5.74) is 2.27. The highest BCUT2D eigenvalue weighted by molar-refractivity contribution is 8.00. The van der Waals surface area contributed by atoms with E-state index in [1.807, 2.05) is 54.6 Å². The van der Waals surface area contributed by atoms with Gasteiger partial charge >= 0.3 is 0 Å². The van der Waals surface area contributed by atoms with Crippen molar-refractivity contribution in [1.29, 1.82) is 0 Å². The number of anilines is 1. The van der Waals surface area contributed by atoms with Gasteiger partial charge in [-0.3, -0.25) is 4.79 Å². The fraction of sp³-hybridized carbons (Fsp3) is 0.0455. The zero-order valence-electron chi connectivity index (χ0n) is 15.1. The second kappa shape index (κ2) is 8.82. The number of nitrogens with zero attached hydrogens (tertiary/aromatic N) is 2. The van der Waals surface area contributed by atoms with E-state index in [0.29, 0.717) is 26.6 Å². The lowest BCUT2D eigenvalue weighted by Gasteiger charge is -2.10. The smallest absolute Gasteiger partial charge is 0.234 e. The van der Waals surface area contributed by atoms with E-state index in [1.165, 1.54) is 11.8 Å². The SMILES string of the molecule is O=C(CSc1nc(-c2ccccc2)nc2ccc(Cl)cc12)Nc1ccccc1Cl. The Labute approximate surface area is 182 Å². The molecule has 0 saturated heterocycles. The summed E-state index contributed by atoms with van der Waals surface area (Å²) in [4.78, 5) is 21.8. The summed E-state index contributed by atoms with van der Waals surface area (Å²) in [5, 5.41) is 5.43. The zero-order valence-corrected chi connectivity index (χ0v) is 17.4. The number of para-hydroxylation sites is 1. The number of thioether (sulfide) groups is 1.